The van der Waals surface area contributed by atoms with Gasteiger partial charge in [-0.15, -0.1) is 0 Å². The zero-order valence-corrected chi connectivity index (χ0v) is 9.70. The van der Waals surface area contributed by atoms with Gasteiger partial charge in [0.2, 0.25) is 5.95 Å². The predicted octanol–water partition coefficient (Wildman–Crippen LogP) is 1.82. The van der Waals surface area contributed by atoms with Gasteiger partial charge in [-0.25, -0.2) is 4.98 Å². The molecule has 0 saturated heterocycles. The van der Waals surface area contributed by atoms with Crippen LogP contribution in [0.4, 0.5) is 24.9 Å². The molecule has 0 aliphatic carbocycles. The van der Waals surface area contributed by atoms with E-state index in [1.807, 2.05) is 6.07 Å². The molecule has 2 N–H and O–H groups in total. The van der Waals surface area contributed by atoms with E-state index in [9.17, 15) is 13.2 Å². The van der Waals surface area contributed by atoms with Gasteiger partial charge >= 0.3 is 6.18 Å². The van der Waals surface area contributed by atoms with E-state index in [-0.39, 0.29) is 12.2 Å². The van der Waals surface area contributed by atoms with Gasteiger partial charge < -0.3 is 10.6 Å². The highest BCUT2D eigenvalue weighted by Gasteiger charge is 2.33. The molecule has 0 unspecified atom stereocenters. The molecule has 0 aromatic carbocycles. The lowest BCUT2D eigenvalue weighted by Crippen LogP contribution is -2.26. The second-order valence-electron chi connectivity index (χ2n) is 3.46. The first-order chi connectivity index (χ1) is 8.38. The van der Waals surface area contributed by atoms with Gasteiger partial charge in [0.15, 0.2) is 5.69 Å². The third kappa shape index (κ3) is 3.48. The van der Waals surface area contributed by atoms with Crippen molar-refractivity contribution in [3.8, 4) is 6.07 Å². The molecule has 98 valence electrons. The molecule has 1 heterocycles. The molecule has 0 fully saturated rings. The number of anilines is 2. The molecule has 0 aliphatic rings. The molecular formula is C10H12F3N5. The summed E-state index contributed by atoms with van der Waals surface area (Å²) in [6.45, 7) is 2.47. The zero-order valence-electron chi connectivity index (χ0n) is 9.70. The summed E-state index contributed by atoms with van der Waals surface area (Å²) >= 11 is 0. The van der Waals surface area contributed by atoms with Gasteiger partial charge in [-0.1, -0.05) is 0 Å². The predicted molar refractivity (Wildman–Crippen MR) is 59.6 cm³/mol. The summed E-state index contributed by atoms with van der Waals surface area (Å²) in [6, 6.07) is 2.75. The number of nitriles is 1. The Balaban J connectivity index is 3.08. The molecule has 0 bridgehead atoms. The van der Waals surface area contributed by atoms with Gasteiger partial charge in [-0.05, 0) is 6.92 Å². The monoisotopic (exact) mass is 259 g/mol. The van der Waals surface area contributed by atoms with Crippen molar-refractivity contribution in [2.24, 2.45) is 0 Å². The van der Waals surface area contributed by atoms with Crippen molar-refractivity contribution in [2.75, 3.05) is 23.7 Å². The van der Waals surface area contributed by atoms with Gasteiger partial charge in [0.1, 0.15) is 5.82 Å². The largest absolute Gasteiger partial charge is 0.433 e. The van der Waals surface area contributed by atoms with Crippen molar-refractivity contribution < 1.29 is 13.2 Å². The Morgan fingerprint density at radius 2 is 2.11 bits per heavy atom. The Kier molecular flexibility index (Phi) is 4.31. The molecular weight excluding hydrogens is 247 g/mol. The van der Waals surface area contributed by atoms with Crippen LogP contribution >= 0.6 is 0 Å². The maximum atomic E-state index is 12.6. The first kappa shape index (κ1) is 14.0. The fraction of sp³-hybridized carbons (Fsp3) is 0.500. The standard InChI is InChI=1S/C10H12F3N5/c1-2-18(5-3-4-14)8-6-7(10(11,12)13)16-9(15)17-8/h6H,2-3,5H2,1H3,(H2,15,16,17). The highest BCUT2D eigenvalue weighted by atomic mass is 19.4. The van der Waals surface area contributed by atoms with Crippen LogP contribution in [0.3, 0.4) is 0 Å². The Morgan fingerprint density at radius 1 is 1.44 bits per heavy atom. The fourth-order valence-corrected chi connectivity index (χ4v) is 1.38. The van der Waals surface area contributed by atoms with Crippen molar-refractivity contribution in [3.63, 3.8) is 0 Å². The number of nitrogen functional groups attached to an aromatic ring is 1. The minimum absolute atomic E-state index is 0.0765. The van der Waals surface area contributed by atoms with Crippen molar-refractivity contribution in [1.29, 1.82) is 5.26 Å². The van der Waals surface area contributed by atoms with Gasteiger partial charge in [0.25, 0.3) is 0 Å². The Morgan fingerprint density at radius 3 is 2.61 bits per heavy atom. The van der Waals surface area contributed by atoms with Crippen LogP contribution in [0.5, 0.6) is 0 Å². The maximum absolute atomic E-state index is 12.6. The summed E-state index contributed by atoms with van der Waals surface area (Å²) in [7, 11) is 0. The van der Waals surface area contributed by atoms with E-state index < -0.39 is 17.8 Å². The normalized spacial score (nSPS) is 11.1. The van der Waals surface area contributed by atoms with Gasteiger partial charge in [-0.3, -0.25) is 0 Å². The van der Waals surface area contributed by atoms with Gasteiger partial charge in [0, 0.05) is 19.2 Å². The number of halogens is 3. The number of nitrogens with zero attached hydrogens (tertiary/aromatic N) is 4. The van der Waals surface area contributed by atoms with Crippen LogP contribution in [0.2, 0.25) is 0 Å². The summed E-state index contributed by atoms with van der Waals surface area (Å²) < 4.78 is 37.7. The van der Waals surface area contributed by atoms with Crippen LogP contribution in [-0.2, 0) is 6.18 Å². The van der Waals surface area contributed by atoms with Crippen LogP contribution < -0.4 is 10.6 Å². The molecule has 5 nitrogen and oxygen atoms in total. The minimum Gasteiger partial charge on any atom is -0.368 e. The molecule has 0 radical (unpaired) electrons. The van der Waals surface area contributed by atoms with Crippen LogP contribution in [-0.4, -0.2) is 23.1 Å². The van der Waals surface area contributed by atoms with E-state index in [1.165, 1.54) is 4.90 Å². The maximum Gasteiger partial charge on any atom is 0.433 e. The van der Waals surface area contributed by atoms with E-state index in [0.29, 0.717) is 13.1 Å². The summed E-state index contributed by atoms with van der Waals surface area (Å²) in [5.74, 6) is -0.359. The molecule has 0 saturated carbocycles. The Bertz CT molecular complexity index is 452. The average Bonchev–Trinajstić information content (AvgIpc) is 2.28. The smallest absolute Gasteiger partial charge is 0.368 e. The summed E-state index contributed by atoms with van der Waals surface area (Å²) in [5.41, 5.74) is 4.18. The van der Waals surface area contributed by atoms with Crippen LogP contribution in [0.15, 0.2) is 6.07 Å². The summed E-state index contributed by atoms with van der Waals surface area (Å²) in [5, 5.41) is 8.48. The third-order valence-corrected chi connectivity index (χ3v) is 2.22. The van der Waals surface area contributed by atoms with Gasteiger partial charge in [-0.2, -0.15) is 23.4 Å². The first-order valence-corrected chi connectivity index (χ1v) is 5.22. The number of hydrogen-bond donors (Lipinski definition) is 1. The van der Waals surface area contributed by atoms with Crippen molar-refractivity contribution in [3.05, 3.63) is 11.8 Å². The highest BCUT2D eigenvalue weighted by Crippen LogP contribution is 2.30. The topological polar surface area (TPSA) is 78.8 Å². The second kappa shape index (κ2) is 5.53. The van der Waals surface area contributed by atoms with Crippen LogP contribution in [0, 0.1) is 11.3 Å². The van der Waals surface area contributed by atoms with Crippen LogP contribution in [0.1, 0.15) is 19.0 Å². The minimum atomic E-state index is -4.57. The van der Waals surface area contributed by atoms with Crippen molar-refractivity contribution in [2.45, 2.75) is 19.5 Å². The fourth-order valence-electron chi connectivity index (χ4n) is 1.38. The number of alkyl halides is 3. The molecule has 1 aromatic heterocycles. The lowest BCUT2D eigenvalue weighted by Gasteiger charge is -2.21. The second-order valence-corrected chi connectivity index (χ2v) is 3.46. The number of aromatic nitrogens is 2. The third-order valence-electron chi connectivity index (χ3n) is 2.22. The lowest BCUT2D eigenvalue weighted by molar-refractivity contribution is -0.141. The lowest BCUT2D eigenvalue weighted by atomic mass is 10.3. The van der Waals surface area contributed by atoms with Crippen LogP contribution in [0.25, 0.3) is 0 Å². The molecule has 0 spiro atoms. The van der Waals surface area contributed by atoms with E-state index in [4.69, 9.17) is 11.0 Å². The Labute approximate surface area is 102 Å². The number of nitrogens with two attached hydrogens (primary N) is 1. The summed E-state index contributed by atoms with van der Waals surface area (Å²) in [6.07, 6.45) is -4.38. The van der Waals surface area contributed by atoms with Gasteiger partial charge in [0.05, 0.1) is 12.5 Å². The zero-order chi connectivity index (χ0) is 13.8. The average molecular weight is 259 g/mol. The van der Waals surface area contributed by atoms with Crippen molar-refractivity contribution in [1.82, 2.24) is 9.97 Å². The van der Waals surface area contributed by atoms with E-state index in [2.05, 4.69) is 9.97 Å². The Hall–Kier alpha value is -2.04. The number of rotatable bonds is 4. The molecule has 0 atom stereocenters. The SMILES string of the molecule is CCN(CCC#N)c1cc(C(F)(F)F)nc(N)n1. The molecule has 1 aromatic rings. The molecule has 8 heteroatoms. The van der Waals surface area contributed by atoms with E-state index >= 15 is 0 Å². The number of hydrogen-bond acceptors (Lipinski definition) is 5. The van der Waals surface area contributed by atoms with E-state index in [1.54, 1.807) is 6.92 Å². The molecule has 18 heavy (non-hydrogen) atoms. The van der Waals surface area contributed by atoms with E-state index in [0.717, 1.165) is 6.07 Å². The van der Waals surface area contributed by atoms with Crippen molar-refractivity contribution >= 4 is 11.8 Å². The first-order valence-electron chi connectivity index (χ1n) is 5.22. The molecule has 0 amide bonds. The summed E-state index contributed by atoms with van der Waals surface area (Å²) in [4.78, 5) is 8.44. The highest BCUT2D eigenvalue weighted by molar-refractivity contribution is 5.44. The quantitative estimate of drug-likeness (QED) is 0.892. The molecule has 0 aliphatic heterocycles. The molecule has 1 rings (SSSR count).